The van der Waals surface area contributed by atoms with Crippen LogP contribution in [0.2, 0.25) is 0 Å². The lowest BCUT2D eigenvalue weighted by Crippen LogP contribution is -2.33. The molecule has 1 fully saturated rings. The zero-order chi connectivity index (χ0) is 11.4. The Morgan fingerprint density at radius 1 is 1.50 bits per heavy atom. The van der Waals surface area contributed by atoms with Crippen molar-refractivity contribution in [3.05, 3.63) is 17.8 Å². The van der Waals surface area contributed by atoms with Gasteiger partial charge in [0.2, 0.25) is 5.91 Å². The van der Waals surface area contributed by atoms with Crippen LogP contribution in [0.25, 0.3) is 0 Å². The first-order valence-electron chi connectivity index (χ1n) is 5.57. The highest BCUT2D eigenvalue weighted by molar-refractivity contribution is 5.80. The molecule has 0 radical (unpaired) electrons. The maximum atomic E-state index is 11.7. The third-order valence-corrected chi connectivity index (χ3v) is 2.67. The summed E-state index contributed by atoms with van der Waals surface area (Å²) >= 11 is 0. The van der Waals surface area contributed by atoms with Crippen LogP contribution < -0.4 is 5.32 Å². The van der Waals surface area contributed by atoms with Gasteiger partial charge in [-0.25, -0.2) is 0 Å². The number of hydrogen-bond acceptors (Lipinski definition) is 4. The molecule has 1 aliphatic rings. The van der Waals surface area contributed by atoms with E-state index < -0.39 is 0 Å². The molecule has 86 valence electrons. The number of likely N-dealkylation sites (tertiary alicyclic amines) is 1. The molecule has 1 N–H and O–H groups in total. The molecule has 5 heteroatoms. The minimum atomic E-state index is 0.140. The van der Waals surface area contributed by atoms with Crippen LogP contribution in [0, 0.1) is 6.92 Å². The predicted octanol–water partition coefficient (Wildman–Crippen LogP) is 0.819. The maximum Gasteiger partial charge on any atom is 0.241 e. The van der Waals surface area contributed by atoms with E-state index in [9.17, 15) is 4.79 Å². The average Bonchev–Trinajstić information content (AvgIpc) is 2.79. The van der Waals surface area contributed by atoms with E-state index in [0.717, 1.165) is 31.5 Å². The summed E-state index contributed by atoms with van der Waals surface area (Å²) in [6.45, 7) is 4.03. The lowest BCUT2D eigenvalue weighted by molar-refractivity contribution is -0.128. The van der Waals surface area contributed by atoms with E-state index >= 15 is 0 Å². The lowest BCUT2D eigenvalue weighted by Gasteiger charge is -2.15. The van der Waals surface area contributed by atoms with Crippen LogP contribution in [0.1, 0.15) is 18.4 Å². The second-order valence-corrected chi connectivity index (χ2v) is 4.06. The van der Waals surface area contributed by atoms with Crippen LogP contribution in [0.3, 0.4) is 0 Å². The number of nitrogens with zero attached hydrogens (tertiary/aromatic N) is 3. The second kappa shape index (κ2) is 4.92. The number of nitrogens with one attached hydrogen (secondary N) is 1. The summed E-state index contributed by atoms with van der Waals surface area (Å²) in [4.78, 5) is 13.6. The molecule has 1 aromatic rings. The number of hydrogen-bond donors (Lipinski definition) is 1. The summed E-state index contributed by atoms with van der Waals surface area (Å²) in [5, 5.41) is 10.7. The Morgan fingerprint density at radius 2 is 2.25 bits per heavy atom. The standard InChI is InChI=1S/C11H16N4O/c1-9-6-10(14-13-7-9)12-8-11(16)15-4-2-3-5-15/h6-7H,2-5,8H2,1H3,(H,12,14). The van der Waals surface area contributed by atoms with Gasteiger partial charge in [-0.3, -0.25) is 4.79 Å². The van der Waals surface area contributed by atoms with Gasteiger partial charge in [-0.15, -0.1) is 5.10 Å². The molecule has 5 nitrogen and oxygen atoms in total. The van der Waals surface area contributed by atoms with E-state index in [1.807, 2.05) is 17.9 Å². The van der Waals surface area contributed by atoms with Crippen LogP contribution in [0.4, 0.5) is 5.82 Å². The average molecular weight is 220 g/mol. The largest absolute Gasteiger partial charge is 0.360 e. The first kappa shape index (κ1) is 10.9. The van der Waals surface area contributed by atoms with E-state index in [1.54, 1.807) is 6.20 Å². The molecule has 1 aliphatic heterocycles. The molecular weight excluding hydrogens is 204 g/mol. The Labute approximate surface area is 94.9 Å². The van der Waals surface area contributed by atoms with E-state index in [0.29, 0.717) is 12.4 Å². The summed E-state index contributed by atoms with van der Waals surface area (Å²) in [5.41, 5.74) is 1.03. The smallest absolute Gasteiger partial charge is 0.241 e. The zero-order valence-corrected chi connectivity index (χ0v) is 9.44. The maximum absolute atomic E-state index is 11.7. The zero-order valence-electron chi connectivity index (χ0n) is 9.44. The fourth-order valence-electron chi connectivity index (χ4n) is 1.79. The molecule has 2 heterocycles. The molecule has 0 saturated carbocycles. The Hall–Kier alpha value is -1.65. The van der Waals surface area contributed by atoms with E-state index in [4.69, 9.17) is 0 Å². The van der Waals surface area contributed by atoms with Crippen molar-refractivity contribution in [1.29, 1.82) is 0 Å². The van der Waals surface area contributed by atoms with Gasteiger partial charge in [0.1, 0.15) is 5.82 Å². The molecule has 0 aliphatic carbocycles. The number of amides is 1. The predicted molar refractivity (Wildman–Crippen MR) is 61.1 cm³/mol. The molecule has 0 unspecified atom stereocenters. The topological polar surface area (TPSA) is 58.1 Å². The Kier molecular flexibility index (Phi) is 3.34. The number of carbonyl (C=O) groups is 1. The van der Waals surface area contributed by atoms with E-state index in [-0.39, 0.29) is 5.91 Å². The molecule has 1 saturated heterocycles. The van der Waals surface area contributed by atoms with Crippen molar-refractivity contribution in [2.24, 2.45) is 0 Å². The molecule has 2 rings (SSSR count). The van der Waals surface area contributed by atoms with E-state index in [1.165, 1.54) is 0 Å². The van der Waals surface area contributed by atoms with Gasteiger partial charge in [-0.2, -0.15) is 5.10 Å². The van der Waals surface area contributed by atoms with E-state index in [2.05, 4.69) is 15.5 Å². The van der Waals surface area contributed by atoms with Gasteiger partial charge in [-0.05, 0) is 31.4 Å². The molecule has 16 heavy (non-hydrogen) atoms. The van der Waals surface area contributed by atoms with Crippen molar-refractivity contribution >= 4 is 11.7 Å². The van der Waals surface area contributed by atoms with Crippen molar-refractivity contribution in [2.45, 2.75) is 19.8 Å². The Morgan fingerprint density at radius 3 is 2.94 bits per heavy atom. The van der Waals surface area contributed by atoms with Crippen LogP contribution in [-0.2, 0) is 4.79 Å². The van der Waals surface area contributed by atoms with Crippen LogP contribution >= 0.6 is 0 Å². The normalized spacial score (nSPS) is 15.2. The van der Waals surface area contributed by atoms with Crippen molar-refractivity contribution in [3.63, 3.8) is 0 Å². The summed E-state index contributed by atoms with van der Waals surface area (Å²) in [5.74, 6) is 0.799. The van der Waals surface area contributed by atoms with Crippen LogP contribution in [-0.4, -0.2) is 40.6 Å². The summed E-state index contributed by atoms with van der Waals surface area (Å²) < 4.78 is 0. The first-order valence-corrected chi connectivity index (χ1v) is 5.57. The molecule has 0 atom stereocenters. The van der Waals surface area contributed by atoms with Crippen molar-refractivity contribution in [2.75, 3.05) is 25.0 Å². The van der Waals surface area contributed by atoms with Crippen molar-refractivity contribution in [1.82, 2.24) is 15.1 Å². The van der Waals surface area contributed by atoms with Gasteiger partial charge in [0.05, 0.1) is 12.7 Å². The number of carbonyl (C=O) groups excluding carboxylic acids is 1. The van der Waals surface area contributed by atoms with Crippen molar-refractivity contribution in [3.8, 4) is 0 Å². The molecule has 1 aromatic heterocycles. The minimum Gasteiger partial charge on any atom is -0.360 e. The first-order chi connectivity index (χ1) is 7.75. The number of aromatic nitrogens is 2. The SMILES string of the molecule is Cc1cnnc(NCC(=O)N2CCCC2)c1. The Bertz CT molecular complexity index is 374. The highest BCUT2D eigenvalue weighted by Crippen LogP contribution is 2.08. The van der Waals surface area contributed by atoms with Gasteiger partial charge < -0.3 is 10.2 Å². The monoisotopic (exact) mass is 220 g/mol. The third kappa shape index (κ3) is 2.68. The molecule has 0 bridgehead atoms. The fourth-order valence-corrected chi connectivity index (χ4v) is 1.79. The molecule has 0 spiro atoms. The summed E-state index contributed by atoms with van der Waals surface area (Å²) in [7, 11) is 0. The number of rotatable bonds is 3. The fraction of sp³-hybridized carbons (Fsp3) is 0.545. The van der Waals surface area contributed by atoms with Gasteiger partial charge in [0.25, 0.3) is 0 Å². The van der Waals surface area contributed by atoms with Gasteiger partial charge in [-0.1, -0.05) is 0 Å². The number of aryl methyl sites for hydroxylation is 1. The number of anilines is 1. The highest BCUT2D eigenvalue weighted by Gasteiger charge is 2.17. The molecular formula is C11H16N4O. The third-order valence-electron chi connectivity index (χ3n) is 2.67. The quantitative estimate of drug-likeness (QED) is 0.819. The van der Waals surface area contributed by atoms with Crippen LogP contribution in [0.5, 0.6) is 0 Å². The Balaban J connectivity index is 1.84. The second-order valence-electron chi connectivity index (χ2n) is 4.06. The van der Waals surface area contributed by atoms with Gasteiger partial charge >= 0.3 is 0 Å². The van der Waals surface area contributed by atoms with Crippen LogP contribution in [0.15, 0.2) is 12.3 Å². The van der Waals surface area contributed by atoms with Crippen molar-refractivity contribution < 1.29 is 4.79 Å². The summed E-state index contributed by atoms with van der Waals surface area (Å²) in [6, 6.07) is 1.88. The summed E-state index contributed by atoms with van der Waals surface area (Å²) in [6.07, 6.45) is 3.93. The minimum absolute atomic E-state index is 0.140. The lowest BCUT2D eigenvalue weighted by atomic mass is 10.3. The molecule has 1 amide bonds. The van der Waals surface area contributed by atoms with Gasteiger partial charge in [0, 0.05) is 13.1 Å². The highest BCUT2D eigenvalue weighted by atomic mass is 16.2. The van der Waals surface area contributed by atoms with Gasteiger partial charge in [0.15, 0.2) is 0 Å². The molecule has 0 aromatic carbocycles.